The smallest absolute Gasteiger partial charge is 0.258 e. The SMILES string of the molecule is C[C@@H](N[S@](=O)C(C)(C)C)c1cc([N+](=O)[O-])cc(C(F)(F)F)c1F. The molecule has 130 valence electrons. The van der Waals surface area contributed by atoms with Gasteiger partial charge in [-0.1, -0.05) is 0 Å². The van der Waals surface area contributed by atoms with E-state index < -0.39 is 55.5 Å². The molecule has 0 fully saturated rings. The molecule has 10 heteroatoms. The van der Waals surface area contributed by atoms with Gasteiger partial charge in [-0.2, -0.15) is 13.2 Å². The first-order valence-corrected chi connectivity index (χ1v) is 7.63. The fraction of sp³-hybridized carbons (Fsp3) is 0.538. The van der Waals surface area contributed by atoms with E-state index in [4.69, 9.17) is 0 Å². The van der Waals surface area contributed by atoms with Gasteiger partial charge in [0.1, 0.15) is 5.82 Å². The van der Waals surface area contributed by atoms with Crippen LogP contribution in [0.1, 0.15) is 44.9 Å². The Bertz CT molecular complexity index is 641. The summed E-state index contributed by atoms with van der Waals surface area (Å²) in [7, 11) is -1.69. The summed E-state index contributed by atoms with van der Waals surface area (Å²) in [6.07, 6.45) is -5.08. The number of benzene rings is 1. The first-order chi connectivity index (χ1) is 10.2. The molecule has 5 nitrogen and oxygen atoms in total. The molecule has 1 aromatic rings. The van der Waals surface area contributed by atoms with Gasteiger partial charge in [-0.05, 0) is 27.7 Å². The molecule has 0 radical (unpaired) electrons. The van der Waals surface area contributed by atoms with Gasteiger partial charge in [0, 0.05) is 23.7 Å². The van der Waals surface area contributed by atoms with E-state index in [1.165, 1.54) is 6.92 Å². The summed E-state index contributed by atoms with van der Waals surface area (Å²) in [5.41, 5.74) is -3.18. The maximum absolute atomic E-state index is 14.1. The van der Waals surface area contributed by atoms with Gasteiger partial charge in [0.15, 0.2) is 0 Å². The number of rotatable bonds is 4. The number of nitrogens with zero attached hydrogens (tertiary/aromatic N) is 1. The molecule has 0 saturated heterocycles. The van der Waals surface area contributed by atoms with Crippen LogP contribution in [0, 0.1) is 15.9 Å². The number of hydrogen-bond donors (Lipinski definition) is 1. The van der Waals surface area contributed by atoms with Gasteiger partial charge >= 0.3 is 6.18 Å². The van der Waals surface area contributed by atoms with Crippen molar-refractivity contribution in [3.8, 4) is 0 Å². The second kappa shape index (κ2) is 6.52. The van der Waals surface area contributed by atoms with Gasteiger partial charge in [0.05, 0.1) is 26.2 Å². The van der Waals surface area contributed by atoms with Crippen molar-refractivity contribution in [2.24, 2.45) is 0 Å². The number of hydrogen-bond acceptors (Lipinski definition) is 3. The number of nitro groups is 1. The largest absolute Gasteiger partial charge is 0.419 e. The van der Waals surface area contributed by atoms with E-state index in [-0.39, 0.29) is 6.07 Å². The zero-order valence-corrected chi connectivity index (χ0v) is 13.6. The summed E-state index contributed by atoms with van der Waals surface area (Å²) in [5.74, 6) is -1.62. The van der Waals surface area contributed by atoms with Crippen molar-refractivity contribution < 1.29 is 26.7 Å². The third kappa shape index (κ3) is 4.71. The first-order valence-electron chi connectivity index (χ1n) is 6.48. The Morgan fingerprint density at radius 2 is 1.78 bits per heavy atom. The predicted molar refractivity (Wildman–Crippen MR) is 77.5 cm³/mol. The Balaban J connectivity index is 3.37. The summed E-state index contributed by atoms with van der Waals surface area (Å²) in [6, 6.07) is -0.259. The fourth-order valence-electron chi connectivity index (χ4n) is 1.66. The second-order valence-corrected chi connectivity index (χ2v) is 7.87. The Hall–Kier alpha value is -1.55. The van der Waals surface area contributed by atoms with Crippen molar-refractivity contribution in [1.82, 2.24) is 4.72 Å². The van der Waals surface area contributed by atoms with Crippen molar-refractivity contribution in [2.75, 3.05) is 0 Å². The van der Waals surface area contributed by atoms with Crippen molar-refractivity contribution in [3.05, 3.63) is 39.2 Å². The fourth-order valence-corrected chi connectivity index (χ4v) is 2.46. The van der Waals surface area contributed by atoms with Crippen LogP contribution in [-0.2, 0) is 17.2 Å². The molecular weight excluding hydrogens is 340 g/mol. The number of nitrogens with one attached hydrogen (secondary N) is 1. The third-order valence-corrected chi connectivity index (χ3v) is 4.59. The zero-order chi connectivity index (χ0) is 18.2. The van der Waals surface area contributed by atoms with Crippen LogP contribution in [0.15, 0.2) is 12.1 Å². The van der Waals surface area contributed by atoms with Gasteiger partial charge in [-0.15, -0.1) is 0 Å². The maximum Gasteiger partial charge on any atom is 0.419 e. The summed E-state index contributed by atoms with van der Waals surface area (Å²) < 4.78 is 66.4. The highest BCUT2D eigenvalue weighted by Gasteiger charge is 2.38. The maximum atomic E-state index is 14.1. The van der Waals surface area contributed by atoms with Crippen molar-refractivity contribution in [1.29, 1.82) is 0 Å². The quantitative estimate of drug-likeness (QED) is 0.506. The predicted octanol–water partition coefficient (Wildman–Crippen LogP) is 3.87. The molecule has 1 aromatic carbocycles. The molecule has 0 spiro atoms. The van der Waals surface area contributed by atoms with Crippen LogP contribution in [0.4, 0.5) is 23.2 Å². The van der Waals surface area contributed by atoms with Crippen LogP contribution >= 0.6 is 0 Å². The highest BCUT2D eigenvalue weighted by molar-refractivity contribution is 7.84. The average Bonchev–Trinajstić information content (AvgIpc) is 2.35. The highest BCUT2D eigenvalue weighted by Crippen LogP contribution is 2.37. The summed E-state index contributed by atoms with van der Waals surface area (Å²) >= 11 is 0. The Morgan fingerprint density at radius 1 is 1.26 bits per heavy atom. The van der Waals surface area contributed by atoms with Gasteiger partial charge in [0.2, 0.25) is 0 Å². The van der Waals surface area contributed by atoms with E-state index in [1.807, 2.05) is 0 Å². The molecule has 0 unspecified atom stereocenters. The van der Waals surface area contributed by atoms with Crippen LogP contribution in [-0.4, -0.2) is 13.9 Å². The lowest BCUT2D eigenvalue weighted by Gasteiger charge is -2.23. The molecule has 2 atom stereocenters. The van der Waals surface area contributed by atoms with E-state index in [9.17, 15) is 31.9 Å². The number of alkyl halides is 3. The monoisotopic (exact) mass is 356 g/mol. The van der Waals surface area contributed by atoms with E-state index in [2.05, 4.69) is 4.72 Å². The molecule has 0 bridgehead atoms. The molecule has 1 rings (SSSR count). The standard InChI is InChI=1S/C13H16F4N2O3S/c1-7(18-23(22)12(2,3)4)9-5-8(19(20)21)6-10(11(9)14)13(15,16)17/h5-7,18H,1-4H3/t7-,23-/m1/s1. The molecule has 0 saturated carbocycles. The summed E-state index contributed by atoms with van der Waals surface area (Å²) in [5, 5.41) is 10.8. The van der Waals surface area contributed by atoms with E-state index in [1.54, 1.807) is 20.8 Å². The Morgan fingerprint density at radius 3 is 2.17 bits per heavy atom. The number of non-ortho nitro benzene ring substituents is 1. The normalized spacial score (nSPS) is 15.3. The molecule has 1 N–H and O–H groups in total. The minimum atomic E-state index is -5.08. The average molecular weight is 356 g/mol. The zero-order valence-electron chi connectivity index (χ0n) is 12.8. The Kier molecular flexibility index (Phi) is 5.53. The van der Waals surface area contributed by atoms with Gasteiger partial charge in [-0.25, -0.2) is 13.3 Å². The second-order valence-electron chi connectivity index (χ2n) is 5.87. The van der Waals surface area contributed by atoms with E-state index in [0.29, 0.717) is 6.07 Å². The topological polar surface area (TPSA) is 72.2 Å². The summed E-state index contributed by atoms with van der Waals surface area (Å²) in [6.45, 7) is 6.14. The van der Waals surface area contributed by atoms with Crippen LogP contribution < -0.4 is 4.72 Å². The van der Waals surface area contributed by atoms with Crippen LogP contribution in [0.25, 0.3) is 0 Å². The van der Waals surface area contributed by atoms with Crippen LogP contribution in [0.3, 0.4) is 0 Å². The Labute approximate surface area is 132 Å². The first kappa shape index (κ1) is 19.5. The minimum Gasteiger partial charge on any atom is -0.258 e. The third-order valence-electron chi connectivity index (χ3n) is 2.91. The molecular formula is C13H16F4N2O3S. The van der Waals surface area contributed by atoms with Gasteiger partial charge in [0.25, 0.3) is 5.69 Å². The van der Waals surface area contributed by atoms with Crippen molar-refractivity contribution >= 4 is 16.7 Å². The lowest BCUT2D eigenvalue weighted by Crippen LogP contribution is -2.35. The molecule has 0 aliphatic heterocycles. The molecule has 0 aliphatic carbocycles. The van der Waals surface area contributed by atoms with Gasteiger partial charge < -0.3 is 0 Å². The van der Waals surface area contributed by atoms with Crippen molar-refractivity contribution in [2.45, 2.75) is 44.7 Å². The minimum absolute atomic E-state index is 0.145. The molecule has 0 heterocycles. The summed E-state index contributed by atoms with van der Waals surface area (Å²) in [4.78, 5) is 9.75. The van der Waals surface area contributed by atoms with Crippen LogP contribution in [0.2, 0.25) is 0 Å². The molecule has 0 aromatic heterocycles. The number of halogens is 4. The van der Waals surface area contributed by atoms with Gasteiger partial charge in [-0.3, -0.25) is 10.1 Å². The lowest BCUT2D eigenvalue weighted by atomic mass is 10.0. The number of nitro benzene ring substituents is 1. The highest BCUT2D eigenvalue weighted by atomic mass is 32.2. The van der Waals surface area contributed by atoms with Crippen molar-refractivity contribution in [3.63, 3.8) is 0 Å². The van der Waals surface area contributed by atoms with Crippen LogP contribution in [0.5, 0.6) is 0 Å². The molecule has 0 aliphatic rings. The molecule has 23 heavy (non-hydrogen) atoms. The lowest BCUT2D eigenvalue weighted by molar-refractivity contribution is -0.385. The van der Waals surface area contributed by atoms with E-state index in [0.717, 1.165) is 0 Å². The van der Waals surface area contributed by atoms with E-state index >= 15 is 0 Å². The molecule has 0 amide bonds.